The zero-order valence-electron chi connectivity index (χ0n) is 26.4. The van der Waals surface area contributed by atoms with Crippen molar-refractivity contribution in [2.24, 2.45) is 0 Å². The van der Waals surface area contributed by atoms with E-state index < -0.39 is 45.9 Å². The molecule has 0 spiro atoms. The van der Waals surface area contributed by atoms with Gasteiger partial charge in [-0.05, 0) is 95.5 Å². The fourth-order valence-electron chi connectivity index (χ4n) is 4.31. The lowest BCUT2D eigenvalue weighted by Crippen LogP contribution is -2.42. The minimum absolute atomic E-state index is 0.00691. The van der Waals surface area contributed by atoms with Crippen LogP contribution in [-0.2, 0) is 30.7 Å². The van der Waals surface area contributed by atoms with Crippen molar-refractivity contribution in [1.29, 1.82) is 0 Å². The fraction of sp³-hybridized carbons (Fsp3) is 0.375. The van der Waals surface area contributed by atoms with Crippen molar-refractivity contribution in [1.82, 2.24) is 14.7 Å². The van der Waals surface area contributed by atoms with E-state index in [2.05, 4.69) is 14.7 Å². The van der Waals surface area contributed by atoms with Gasteiger partial charge in [-0.25, -0.2) is 22.9 Å². The molecule has 1 atom stereocenters. The highest BCUT2D eigenvalue weighted by Crippen LogP contribution is 2.32. The number of rotatable bonds is 10. The third-order valence-electron chi connectivity index (χ3n) is 6.14. The molecule has 0 saturated heterocycles. The minimum atomic E-state index is -4.03. The molecule has 45 heavy (non-hydrogen) atoms. The van der Waals surface area contributed by atoms with Gasteiger partial charge in [0, 0.05) is 28.4 Å². The van der Waals surface area contributed by atoms with Crippen LogP contribution in [0.15, 0.2) is 71.9 Å². The summed E-state index contributed by atoms with van der Waals surface area (Å²) in [6.45, 7) is 9.85. The number of nitrogens with zero attached hydrogens (tertiary/aromatic N) is 3. The number of nitrogens with one attached hydrogen (secondary N) is 1. The number of thiophene rings is 1. The van der Waals surface area contributed by atoms with E-state index in [9.17, 15) is 18.0 Å². The molecule has 0 aliphatic rings. The molecule has 3 aromatic heterocycles. The van der Waals surface area contributed by atoms with Gasteiger partial charge in [-0.15, -0.1) is 11.3 Å². The predicted molar refractivity (Wildman–Crippen MR) is 173 cm³/mol. The molecule has 13 heteroatoms. The summed E-state index contributed by atoms with van der Waals surface area (Å²) in [5.41, 5.74) is -1.31. The van der Waals surface area contributed by atoms with Crippen LogP contribution in [0.5, 0.6) is 5.75 Å². The Hall–Kier alpha value is -4.07. The third kappa shape index (κ3) is 9.46. The van der Waals surface area contributed by atoms with Crippen LogP contribution < -0.4 is 14.4 Å². The maximum atomic E-state index is 13.5. The second kappa shape index (κ2) is 13.5. The number of carbonyl (C=O) groups excluding carboxylic acids is 2. The molecule has 11 nitrogen and oxygen atoms in total. The number of carbonyl (C=O) groups is 2. The van der Waals surface area contributed by atoms with Crippen LogP contribution in [0.25, 0.3) is 10.1 Å². The van der Waals surface area contributed by atoms with Crippen LogP contribution in [0.3, 0.4) is 0 Å². The Bertz CT molecular complexity index is 1760. The number of fused-ring (bicyclic) bond motifs is 1. The van der Waals surface area contributed by atoms with Gasteiger partial charge in [0.1, 0.15) is 34.2 Å². The molecule has 240 valence electrons. The van der Waals surface area contributed by atoms with Crippen LogP contribution >= 0.6 is 11.3 Å². The maximum absolute atomic E-state index is 13.5. The van der Waals surface area contributed by atoms with E-state index in [-0.39, 0.29) is 17.1 Å². The topological polar surface area (TPSA) is 137 Å². The van der Waals surface area contributed by atoms with Crippen molar-refractivity contribution < 1.29 is 32.2 Å². The molecule has 4 aromatic rings. The van der Waals surface area contributed by atoms with Gasteiger partial charge in [-0.2, -0.15) is 0 Å². The number of pyridine rings is 2. The molecule has 3 heterocycles. The number of amides is 1. The van der Waals surface area contributed by atoms with Gasteiger partial charge in [0.25, 0.3) is 0 Å². The van der Waals surface area contributed by atoms with E-state index in [1.165, 1.54) is 35.9 Å². The normalized spacial score (nSPS) is 12.9. The molecule has 1 amide bonds. The third-order valence-corrected chi connectivity index (χ3v) is 8.71. The van der Waals surface area contributed by atoms with Gasteiger partial charge in [-0.1, -0.05) is 6.07 Å². The molecular formula is C32H38N4O7S2. The lowest BCUT2D eigenvalue weighted by molar-refractivity contribution is -0.153. The fourth-order valence-corrected chi connectivity index (χ4v) is 6.62. The highest BCUT2D eigenvalue weighted by Gasteiger charge is 2.30. The van der Waals surface area contributed by atoms with Crippen molar-refractivity contribution >= 4 is 49.3 Å². The first-order valence-electron chi connectivity index (χ1n) is 14.2. The Labute approximate surface area is 267 Å². The highest BCUT2D eigenvalue weighted by molar-refractivity contribution is 7.89. The predicted octanol–water partition coefficient (Wildman–Crippen LogP) is 6.05. The van der Waals surface area contributed by atoms with Crippen LogP contribution in [0.1, 0.15) is 58.2 Å². The smallest absolute Gasteiger partial charge is 0.416 e. The number of ether oxygens (including phenoxy) is 3. The second-order valence-electron chi connectivity index (χ2n) is 12.3. The first-order chi connectivity index (χ1) is 21.0. The number of hydrogen-bond acceptors (Lipinski definition) is 10. The summed E-state index contributed by atoms with van der Waals surface area (Å²) in [5.74, 6) is 0.153. The Morgan fingerprint density at radius 3 is 2.36 bits per heavy atom. The highest BCUT2D eigenvalue weighted by atomic mass is 32.2. The van der Waals surface area contributed by atoms with Crippen molar-refractivity contribution in [2.45, 2.75) is 70.1 Å². The molecule has 4 rings (SSSR count). The number of hydrogen-bond donors (Lipinski definition) is 1. The van der Waals surface area contributed by atoms with Crippen molar-refractivity contribution in [3.05, 3.63) is 77.6 Å². The van der Waals surface area contributed by atoms with E-state index in [1.54, 1.807) is 66.9 Å². The maximum Gasteiger partial charge on any atom is 0.416 e. The number of benzene rings is 1. The van der Waals surface area contributed by atoms with E-state index in [1.807, 2.05) is 24.3 Å². The summed E-state index contributed by atoms with van der Waals surface area (Å²) in [7, 11) is -2.43. The first-order valence-corrected chi connectivity index (χ1v) is 16.5. The molecule has 0 bridgehead atoms. The Morgan fingerprint density at radius 1 is 0.978 bits per heavy atom. The molecule has 0 fully saturated rings. The lowest BCUT2D eigenvalue weighted by atomic mass is 10.1. The molecule has 1 aromatic carbocycles. The molecule has 0 saturated carbocycles. The van der Waals surface area contributed by atoms with Crippen LogP contribution in [0.2, 0.25) is 0 Å². The standard InChI is InChI=1S/C32H38N4O7S2/c1-31(2,3)42-29(37)20-36(30(38)43-32(4,5)6)28-12-8-11-25(34-28)26(35-45(39,40)24-10-9-15-33-19-24)18-23-16-21-13-14-22(41-7)17-27(21)44-23/h8-17,19,26,35H,18,20H2,1-7H3. The molecule has 1 unspecified atom stereocenters. The summed E-state index contributed by atoms with van der Waals surface area (Å²) >= 11 is 1.51. The minimum Gasteiger partial charge on any atom is -0.497 e. The number of methoxy groups -OCH3 is 1. The molecule has 0 aliphatic heterocycles. The number of esters is 1. The van der Waals surface area contributed by atoms with Crippen LogP contribution in [0, 0.1) is 0 Å². The number of sulfonamides is 1. The van der Waals surface area contributed by atoms with Gasteiger partial charge in [0.05, 0.1) is 18.8 Å². The SMILES string of the molecule is COc1ccc2cc(CC(NS(=O)(=O)c3cccnc3)c3cccc(N(CC(=O)OC(C)(C)C)C(=O)OC(C)(C)C)n3)sc2c1. The summed E-state index contributed by atoms with van der Waals surface area (Å²) in [6, 6.07) is 14.7. The van der Waals surface area contributed by atoms with Gasteiger partial charge in [0.15, 0.2) is 0 Å². The number of anilines is 1. The summed E-state index contributed by atoms with van der Waals surface area (Å²) in [5, 5.41) is 0.986. The Balaban J connectivity index is 1.75. The Morgan fingerprint density at radius 2 is 1.71 bits per heavy atom. The quantitative estimate of drug-likeness (QED) is 0.203. The second-order valence-corrected chi connectivity index (χ2v) is 15.1. The van der Waals surface area contributed by atoms with Gasteiger partial charge >= 0.3 is 12.1 Å². The largest absolute Gasteiger partial charge is 0.497 e. The Kier molecular flexibility index (Phi) is 10.2. The first kappa shape index (κ1) is 33.8. The van der Waals surface area contributed by atoms with Crippen molar-refractivity contribution in [2.75, 3.05) is 18.6 Å². The number of aromatic nitrogens is 2. The molecule has 0 aliphatic carbocycles. The van der Waals surface area contributed by atoms with Gasteiger partial charge < -0.3 is 14.2 Å². The average molecular weight is 655 g/mol. The summed E-state index contributed by atoms with van der Waals surface area (Å²) < 4.78 is 47.1. The average Bonchev–Trinajstić information content (AvgIpc) is 3.35. The monoisotopic (exact) mass is 654 g/mol. The molecule has 0 radical (unpaired) electrons. The van der Waals surface area contributed by atoms with Crippen LogP contribution in [0.4, 0.5) is 10.6 Å². The lowest BCUT2D eigenvalue weighted by Gasteiger charge is -2.28. The van der Waals surface area contributed by atoms with Crippen molar-refractivity contribution in [3.63, 3.8) is 0 Å². The van der Waals surface area contributed by atoms with E-state index in [0.717, 1.165) is 19.9 Å². The van der Waals surface area contributed by atoms with E-state index >= 15 is 0 Å². The zero-order chi connectivity index (χ0) is 33.0. The zero-order valence-corrected chi connectivity index (χ0v) is 28.0. The molecule has 1 N–H and O–H groups in total. The molecular weight excluding hydrogens is 617 g/mol. The van der Waals surface area contributed by atoms with E-state index in [4.69, 9.17) is 14.2 Å². The summed E-state index contributed by atoms with van der Waals surface area (Å²) in [6.07, 6.45) is 2.20. The van der Waals surface area contributed by atoms with Crippen molar-refractivity contribution in [3.8, 4) is 5.75 Å². The van der Waals surface area contributed by atoms with Gasteiger partial charge in [-0.3, -0.25) is 14.7 Å². The van der Waals surface area contributed by atoms with Crippen LogP contribution in [-0.4, -0.2) is 55.3 Å². The van der Waals surface area contributed by atoms with Gasteiger partial charge in [0.2, 0.25) is 10.0 Å². The summed E-state index contributed by atoms with van der Waals surface area (Å²) in [4.78, 5) is 36.8. The van der Waals surface area contributed by atoms with E-state index in [0.29, 0.717) is 11.4 Å².